The third-order valence-electron chi connectivity index (χ3n) is 14.3. The fourth-order valence-electron chi connectivity index (χ4n) is 11.1. The van der Waals surface area contributed by atoms with Crippen LogP contribution < -0.4 is 54.8 Å². The van der Waals surface area contributed by atoms with E-state index in [0.29, 0.717) is 67.6 Å². The highest BCUT2D eigenvalue weighted by molar-refractivity contribution is 6.35. The van der Waals surface area contributed by atoms with Gasteiger partial charge in [-0.05, 0) is 113 Å². The molecule has 3 spiro atoms. The van der Waals surface area contributed by atoms with Crippen LogP contribution in [0.25, 0.3) is 0 Å². The molecule has 1 amide bonds. The van der Waals surface area contributed by atoms with E-state index in [0.717, 1.165) is 96.3 Å². The Morgan fingerprint density at radius 1 is 0.525 bits per heavy atom. The van der Waals surface area contributed by atoms with Gasteiger partial charge in [0.15, 0.2) is 11.7 Å². The predicted octanol–water partition coefficient (Wildman–Crippen LogP) is 7.45. The summed E-state index contributed by atoms with van der Waals surface area (Å²) in [4.78, 5) is 99.4. The average Bonchev–Trinajstić information content (AvgIpc) is 4.18. The Morgan fingerprint density at radius 3 is 1.20 bits per heavy atom. The molecule has 0 unspecified atom stereocenters. The fraction of sp³-hybridized carbons (Fsp3) is 0.412. The lowest BCUT2D eigenvalue weighted by Crippen LogP contribution is -2.48. The van der Waals surface area contributed by atoms with Crippen molar-refractivity contribution >= 4 is 99.3 Å². The van der Waals surface area contributed by atoms with Crippen molar-refractivity contribution in [3.63, 3.8) is 0 Å². The Kier molecular flexibility index (Phi) is 19.2. The van der Waals surface area contributed by atoms with Crippen LogP contribution in [0.5, 0.6) is 0 Å². The minimum Gasteiger partial charge on any atom is -0.336 e. The molecule has 3 aliphatic heterocycles. The summed E-state index contributed by atoms with van der Waals surface area (Å²) in [7, 11) is 4.42. The number of nitrogens with one attached hydrogen (secondary N) is 6. The van der Waals surface area contributed by atoms with Gasteiger partial charge in [-0.2, -0.15) is 0 Å². The van der Waals surface area contributed by atoms with Crippen molar-refractivity contribution in [2.75, 3.05) is 37.3 Å². The molecule has 3 saturated carbocycles. The zero-order valence-corrected chi connectivity index (χ0v) is 47.0. The van der Waals surface area contributed by atoms with Gasteiger partial charge in [-0.15, -0.1) is 12.4 Å². The molecule has 0 radical (unpaired) electrons. The van der Waals surface area contributed by atoms with Gasteiger partial charge in [0.25, 0.3) is 22.6 Å². The topological polar surface area (TPSA) is 311 Å². The van der Waals surface area contributed by atoms with Gasteiger partial charge in [-0.25, -0.2) is 56.7 Å². The number of pyridine rings is 3. The highest BCUT2D eigenvalue weighted by atomic mass is 35.5. The smallest absolute Gasteiger partial charge is 0.276 e. The first-order valence-corrected chi connectivity index (χ1v) is 26.8. The summed E-state index contributed by atoms with van der Waals surface area (Å²) >= 11 is 19.4. The standard InChI is InChI=1S/2C17H19ClN6O2.C16H16ClN5O2.CH5NO.ClH/c2*1-26-23-15-14-11(18)9-12(21-13-5-8-19-10-20-13)16(25)24(14)17(22-15)6-3-2-4-7-17;17-10-8-11(20-12-4-7-18-9-19-12)15(24)22-13(10)14(23)21-16(22)5-2-1-3-6-16;1-3-2;/h2*5,8-10H,2-4,6-7H2,1H3,(H,22,23)(H,19,20,21);4,7-9H,1-3,5-6H2,(H,21,23)(H,18,19,20);2H2,1H3;1H. The molecule has 6 aromatic heterocycles. The number of anilines is 6. The van der Waals surface area contributed by atoms with Crippen molar-refractivity contribution in [3.05, 3.63) is 137 Å². The van der Waals surface area contributed by atoms with E-state index in [1.165, 1.54) is 46.4 Å². The fourth-order valence-corrected chi connectivity index (χ4v) is 11.9. The van der Waals surface area contributed by atoms with Crippen LogP contribution in [0.3, 0.4) is 0 Å². The van der Waals surface area contributed by atoms with Crippen molar-refractivity contribution in [2.24, 2.45) is 15.9 Å². The molecule has 0 aromatic carbocycles. The summed E-state index contributed by atoms with van der Waals surface area (Å²) in [5, 5.41) is 13.1. The minimum absolute atomic E-state index is 0. The first-order valence-electron chi connectivity index (χ1n) is 25.6. The van der Waals surface area contributed by atoms with Crippen molar-refractivity contribution in [3.8, 4) is 0 Å². The van der Waals surface area contributed by atoms with Crippen LogP contribution in [0.2, 0.25) is 15.1 Å². The van der Waals surface area contributed by atoms with E-state index in [2.05, 4.69) is 72.9 Å². The summed E-state index contributed by atoms with van der Waals surface area (Å²) in [5.41, 5.74) is 5.42. The van der Waals surface area contributed by atoms with Gasteiger partial charge < -0.3 is 26.1 Å². The number of hydroxylamine groups is 2. The number of nitrogens with two attached hydrogens (primary N) is 1. The summed E-state index contributed by atoms with van der Waals surface area (Å²) in [5.74, 6) is 6.59. The molecule has 0 saturated heterocycles. The number of carbonyl (C=O) groups excluding carboxylic acids is 1. The van der Waals surface area contributed by atoms with Crippen molar-refractivity contribution in [1.82, 2.24) is 59.9 Å². The minimum atomic E-state index is -0.658. The Morgan fingerprint density at radius 2 is 0.863 bits per heavy atom. The van der Waals surface area contributed by atoms with Gasteiger partial charge >= 0.3 is 0 Å². The molecule has 6 aliphatic rings. The number of amidine groups is 2. The second kappa shape index (κ2) is 26.0. The largest absolute Gasteiger partial charge is 0.336 e. The number of amides is 1. The summed E-state index contributed by atoms with van der Waals surface area (Å²) in [6.07, 6.45) is 23.0. The zero-order chi connectivity index (χ0) is 55.7. The van der Waals surface area contributed by atoms with Gasteiger partial charge in [0.05, 0.1) is 36.4 Å². The van der Waals surface area contributed by atoms with Crippen LogP contribution in [0.4, 0.5) is 34.5 Å². The molecule has 9 heterocycles. The molecule has 25 nitrogen and oxygen atoms in total. The number of hydrogen-bond acceptors (Lipinski definition) is 21. The lowest BCUT2D eigenvalue weighted by Gasteiger charge is -2.35. The summed E-state index contributed by atoms with van der Waals surface area (Å²) in [6, 6.07) is 9.73. The van der Waals surface area contributed by atoms with E-state index in [1.807, 2.05) is 0 Å². The van der Waals surface area contributed by atoms with Gasteiger partial charge in [0, 0.05) is 18.6 Å². The molecule has 424 valence electrons. The van der Waals surface area contributed by atoms with Crippen LogP contribution in [0.15, 0.2) is 98.3 Å². The van der Waals surface area contributed by atoms with Gasteiger partial charge in [-0.1, -0.05) is 54.1 Å². The molecule has 12 rings (SSSR count). The highest BCUT2D eigenvalue weighted by Crippen LogP contribution is 2.44. The van der Waals surface area contributed by atoms with Crippen LogP contribution in [-0.2, 0) is 31.5 Å². The molecule has 80 heavy (non-hydrogen) atoms. The number of rotatable bonds is 8. The Labute approximate surface area is 479 Å². The maximum atomic E-state index is 13.3. The third kappa shape index (κ3) is 12.0. The Balaban J connectivity index is 0.000000153. The molecule has 6 aromatic rings. The molecular weight excluding hydrogens is 1120 g/mol. The molecule has 0 bridgehead atoms. The second-order valence-corrected chi connectivity index (χ2v) is 20.5. The lowest BCUT2D eigenvalue weighted by molar-refractivity contribution is 0.0877. The molecule has 29 heteroatoms. The first kappa shape index (κ1) is 59.0. The van der Waals surface area contributed by atoms with Gasteiger partial charge in [0.1, 0.15) is 87.6 Å². The molecule has 3 aliphatic carbocycles. The number of fused-ring (bicyclic) bond motifs is 6. The SMILES string of the molecule is CON.CONC1=NC2(CCCCC2)n2c1c(Cl)cc(Nc1ccncn1)c2=O.CONC1=NC2(CCCCC2)n2c1c(Cl)cc(Nc1ccncn1)c2=O.Cl.O=C1NC2(CCCCC2)n2c1c(Cl)cc(Nc1ccncn1)c2=O. The highest BCUT2D eigenvalue weighted by Gasteiger charge is 2.47. The van der Waals surface area contributed by atoms with E-state index in [1.54, 1.807) is 62.6 Å². The van der Waals surface area contributed by atoms with Crippen molar-refractivity contribution in [1.29, 1.82) is 0 Å². The van der Waals surface area contributed by atoms with Crippen LogP contribution in [0, 0.1) is 0 Å². The quantitative estimate of drug-likeness (QED) is 0.0728. The summed E-state index contributed by atoms with van der Waals surface area (Å²) < 4.78 is 4.96. The number of hydrogen-bond donors (Lipinski definition) is 7. The third-order valence-corrected chi connectivity index (χ3v) is 15.2. The van der Waals surface area contributed by atoms with Crippen LogP contribution >= 0.6 is 47.2 Å². The maximum absolute atomic E-state index is 13.3. The number of aromatic nitrogens is 9. The van der Waals surface area contributed by atoms with E-state index in [9.17, 15) is 19.2 Å². The zero-order valence-electron chi connectivity index (χ0n) is 43.9. The Bertz CT molecular complexity index is 3260. The Hall–Kier alpha value is -7.10. The van der Waals surface area contributed by atoms with Crippen LogP contribution in [0.1, 0.15) is 118 Å². The maximum Gasteiger partial charge on any atom is 0.276 e. The normalized spacial score (nSPS) is 17.2. The molecule has 8 N–H and O–H groups in total. The van der Waals surface area contributed by atoms with Crippen molar-refractivity contribution in [2.45, 2.75) is 113 Å². The van der Waals surface area contributed by atoms with E-state index in [4.69, 9.17) is 54.5 Å². The average molecular weight is 1180 g/mol. The monoisotopic (exact) mass is 1180 g/mol. The van der Waals surface area contributed by atoms with E-state index < -0.39 is 17.0 Å². The molecular formula is C51H60Cl4N18O7. The van der Waals surface area contributed by atoms with Gasteiger partial charge in [-0.3, -0.25) is 42.6 Å². The number of nitrogens with zero attached hydrogens (tertiary/aromatic N) is 11. The molecule has 0 atom stereocenters. The van der Waals surface area contributed by atoms with Crippen molar-refractivity contribution < 1.29 is 19.3 Å². The number of aliphatic imine (C=N–C) groups is 2. The molecule has 3 fully saturated rings. The summed E-state index contributed by atoms with van der Waals surface area (Å²) in [6.45, 7) is 0. The predicted molar refractivity (Wildman–Crippen MR) is 306 cm³/mol. The second-order valence-electron chi connectivity index (χ2n) is 19.2. The van der Waals surface area contributed by atoms with Gasteiger partial charge in [0.2, 0.25) is 0 Å². The van der Waals surface area contributed by atoms with E-state index in [-0.39, 0.29) is 45.7 Å². The lowest BCUT2D eigenvalue weighted by atomic mass is 9.89. The first-order chi connectivity index (χ1) is 38.3. The number of halogens is 4. The van der Waals surface area contributed by atoms with E-state index >= 15 is 0 Å². The van der Waals surface area contributed by atoms with Crippen LogP contribution in [-0.4, -0.2) is 82.5 Å². The number of carbonyl (C=O) groups is 1.